The van der Waals surface area contributed by atoms with Gasteiger partial charge in [-0.2, -0.15) is 4.31 Å². The SMILES string of the molecule is CCN(CC)S(=O)(=O)c1ccc(C(=O)Nc2ccc(Br)cc2)cc1. The van der Waals surface area contributed by atoms with E-state index in [-0.39, 0.29) is 10.8 Å². The molecule has 1 amide bonds. The second-order valence-electron chi connectivity index (χ2n) is 5.07. The number of benzene rings is 2. The number of hydrogen-bond donors (Lipinski definition) is 1. The second-order valence-corrected chi connectivity index (χ2v) is 7.93. The normalized spacial score (nSPS) is 11.5. The van der Waals surface area contributed by atoms with Gasteiger partial charge in [0.2, 0.25) is 10.0 Å². The number of sulfonamides is 1. The molecule has 0 saturated carbocycles. The Balaban J connectivity index is 2.16. The molecule has 0 fully saturated rings. The Labute approximate surface area is 150 Å². The van der Waals surface area contributed by atoms with Gasteiger partial charge in [-0.3, -0.25) is 4.79 Å². The molecule has 2 rings (SSSR count). The number of carbonyl (C=O) groups excluding carboxylic acids is 1. The van der Waals surface area contributed by atoms with Gasteiger partial charge in [0, 0.05) is 28.8 Å². The van der Waals surface area contributed by atoms with Crippen LogP contribution in [0.25, 0.3) is 0 Å². The summed E-state index contributed by atoms with van der Waals surface area (Å²) in [6.07, 6.45) is 0. The number of rotatable bonds is 6. The van der Waals surface area contributed by atoms with Crippen LogP contribution in [-0.2, 0) is 10.0 Å². The van der Waals surface area contributed by atoms with Crippen LogP contribution in [0.3, 0.4) is 0 Å². The Hall–Kier alpha value is -1.70. The van der Waals surface area contributed by atoms with Crippen LogP contribution in [0.15, 0.2) is 57.9 Å². The molecule has 0 aliphatic carbocycles. The van der Waals surface area contributed by atoms with Crippen molar-refractivity contribution in [2.24, 2.45) is 0 Å². The number of nitrogens with zero attached hydrogens (tertiary/aromatic N) is 1. The molecular weight excluding hydrogens is 392 g/mol. The van der Waals surface area contributed by atoms with Crippen LogP contribution in [0, 0.1) is 0 Å². The van der Waals surface area contributed by atoms with Gasteiger partial charge in [0.05, 0.1) is 4.90 Å². The van der Waals surface area contributed by atoms with E-state index in [1.807, 2.05) is 12.1 Å². The van der Waals surface area contributed by atoms with E-state index in [0.717, 1.165) is 4.47 Å². The summed E-state index contributed by atoms with van der Waals surface area (Å²) in [6, 6.07) is 13.2. The lowest BCUT2D eigenvalue weighted by Gasteiger charge is -2.18. The zero-order valence-corrected chi connectivity index (χ0v) is 15.9. The van der Waals surface area contributed by atoms with Gasteiger partial charge >= 0.3 is 0 Å². The largest absolute Gasteiger partial charge is 0.322 e. The topological polar surface area (TPSA) is 66.5 Å². The highest BCUT2D eigenvalue weighted by Crippen LogP contribution is 2.18. The van der Waals surface area contributed by atoms with Gasteiger partial charge in [-0.1, -0.05) is 29.8 Å². The van der Waals surface area contributed by atoms with Crippen LogP contribution < -0.4 is 5.32 Å². The summed E-state index contributed by atoms with van der Waals surface area (Å²) >= 11 is 3.33. The number of anilines is 1. The fourth-order valence-electron chi connectivity index (χ4n) is 2.23. The van der Waals surface area contributed by atoms with Crippen molar-refractivity contribution < 1.29 is 13.2 Å². The molecular formula is C17H19BrN2O3S. The zero-order chi connectivity index (χ0) is 17.7. The van der Waals surface area contributed by atoms with Gasteiger partial charge in [-0.15, -0.1) is 0 Å². The summed E-state index contributed by atoms with van der Waals surface area (Å²) in [4.78, 5) is 12.4. The predicted molar refractivity (Wildman–Crippen MR) is 98.6 cm³/mol. The van der Waals surface area contributed by atoms with E-state index in [2.05, 4.69) is 21.2 Å². The first-order valence-corrected chi connectivity index (χ1v) is 9.79. The Morgan fingerprint density at radius 3 is 2.04 bits per heavy atom. The van der Waals surface area contributed by atoms with Crippen molar-refractivity contribution in [2.75, 3.05) is 18.4 Å². The first-order chi connectivity index (χ1) is 11.4. The molecule has 0 aliphatic rings. The molecule has 2 aromatic carbocycles. The van der Waals surface area contributed by atoms with Crippen molar-refractivity contribution in [1.29, 1.82) is 0 Å². The fraction of sp³-hybridized carbons (Fsp3) is 0.235. The lowest BCUT2D eigenvalue weighted by Crippen LogP contribution is -2.30. The Morgan fingerprint density at radius 2 is 1.54 bits per heavy atom. The summed E-state index contributed by atoms with van der Waals surface area (Å²) in [5, 5.41) is 2.77. The average molecular weight is 411 g/mol. The van der Waals surface area contributed by atoms with Crippen LogP contribution >= 0.6 is 15.9 Å². The molecule has 5 nitrogen and oxygen atoms in total. The van der Waals surface area contributed by atoms with Crippen LogP contribution in [0.4, 0.5) is 5.69 Å². The van der Waals surface area contributed by atoms with Gasteiger partial charge in [-0.05, 0) is 48.5 Å². The van der Waals surface area contributed by atoms with E-state index in [4.69, 9.17) is 0 Å². The molecule has 0 atom stereocenters. The van der Waals surface area contributed by atoms with E-state index >= 15 is 0 Å². The minimum Gasteiger partial charge on any atom is -0.322 e. The first-order valence-electron chi connectivity index (χ1n) is 7.55. The minimum absolute atomic E-state index is 0.186. The standard InChI is InChI=1S/C17H19BrN2O3S/c1-3-20(4-2)24(22,23)16-11-5-13(6-12-16)17(21)19-15-9-7-14(18)8-10-15/h5-12H,3-4H2,1-2H3,(H,19,21). The maximum Gasteiger partial charge on any atom is 0.255 e. The number of hydrogen-bond acceptors (Lipinski definition) is 3. The summed E-state index contributed by atoms with van der Waals surface area (Å²) in [6.45, 7) is 4.40. The van der Waals surface area contributed by atoms with Crippen LogP contribution in [0.2, 0.25) is 0 Å². The number of amides is 1. The van der Waals surface area contributed by atoms with Gasteiger partial charge in [0.25, 0.3) is 5.91 Å². The highest BCUT2D eigenvalue weighted by Gasteiger charge is 2.21. The molecule has 0 bridgehead atoms. The van der Waals surface area contributed by atoms with Gasteiger partial charge < -0.3 is 5.32 Å². The number of carbonyl (C=O) groups is 1. The summed E-state index contributed by atoms with van der Waals surface area (Å²) < 4.78 is 27.1. The molecule has 128 valence electrons. The smallest absolute Gasteiger partial charge is 0.255 e. The van der Waals surface area contributed by atoms with Crippen molar-refractivity contribution in [3.63, 3.8) is 0 Å². The molecule has 0 heterocycles. The van der Waals surface area contributed by atoms with Crippen LogP contribution in [0.1, 0.15) is 24.2 Å². The number of halogens is 1. The van der Waals surface area contributed by atoms with Gasteiger partial charge in [0.1, 0.15) is 0 Å². The predicted octanol–water partition coefficient (Wildman–Crippen LogP) is 3.73. The van der Waals surface area contributed by atoms with Gasteiger partial charge in [0.15, 0.2) is 0 Å². The second kappa shape index (κ2) is 7.92. The molecule has 2 aromatic rings. The summed E-state index contributed by atoms with van der Waals surface area (Å²) in [7, 11) is -3.51. The Kier molecular flexibility index (Phi) is 6.15. The molecule has 0 radical (unpaired) electrons. The zero-order valence-electron chi connectivity index (χ0n) is 13.5. The van der Waals surface area contributed by atoms with E-state index in [1.165, 1.54) is 28.6 Å². The maximum atomic E-state index is 12.4. The highest BCUT2D eigenvalue weighted by molar-refractivity contribution is 9.10. The molecule has 0 aromatic heterocycles. The Morgan fingerprint density at radius 1 is 1.00 bits per heavy atom. The van der Waals surface area contributed by atoms with Crippen molar-refractivity contribution in [1.82, 2.24) is 4.31 Å². The third-order valence-corrected chi connectivity index (χ3v) is 6.15. The third-order valence-electron chi connectivity index (χ3n) is 3.56. The lowest BCUT2D eigenvalue weighted by molar-refractivity contribution is 0.102. The summed E-state index contributed by atoms with van der Waals surface area (Å²) in [5.74, 6) is -0.288. The Bertz CT molecular complexity index is 799. The van der Waals surface area contributed by atoms with Crippen LogP contribution in [0.5, 0.6) is 0 Å². The van der Waals surface area contributed by atoms with Crippen LogP contribution in [-0.4, -0.2) is 31.7 Å². The van der Waals surface area contributed by atoms with Crippen molar-refractivity contribution in [2.45, 2.75) is 18.7 Å². The molecule has 7 heteroatoms. The molecule has 24 heavy (non-hydrogen) atoms. The van der Waals surface area contributed by atoms with E-state index in [1.54, 1.807) is 26.0 Å². The third kappa shape index (κ3) is 4.23. The fourth-order valence-corrected chi connectivity index (χ4v) is 3.95. The quantitative estimate of drug-likeness (QED) is 0.788. The first kappa shape index (κ1) is 18.6. The van der Waals surface area contributed by atoms with Crippen molar-refractivity contribution in [3.8, 4) is 0 Å². The average Bonchev–Trinajstić information content (AvgIpc) is 2.58. The molecule has 1 N–H and O–H groups in total. The number of nitrogens with one attached hydrogen (secondary N) is 1. The minimum atomic E-state index is -3.51. The highest BCUT2D eigenvalue weighted by atomic mass is 79.9. The van der Waals surface area contributed by atoms with E-state index in [0.29, 0.717) is 24.3 Å². The molecule has 0 spiro atoms. The van der Waals surface area contributed by atoms with Crippen molar-refractivity contribution in [3.05, 3.63) is 58.6 Å². The van der Waals surface area contributed by atoms with E-state index < -0.39 is 10.0 Å². The van der Waals surface area contributed by atoms with E-state index in [9.17, 15) is 13.2 Å². The van der Waals surface area contributed by atoms with Gasteiger partial charge in [-0.25, -0.2) is 8.42 Å². The molecule has 0 saturated heterocycles. The molecule has 0 aliphatic heterocycles. The monoisotopic (exact) mass is 410 g/mol. The van der Waals surface area contributed by atoms with Crippen molar-refractivity contribution >= 4 is 37.5 Å². The lowest BCUT2D eigenvalue weighted by atomic mass is 10.2. The molecule has 0 unspecified atom stereocenters. The maximum absolute atomic E-state index is 12.4. The summed E-state index contributed by atoms with van der Waals surface area (Å²) in [5.41, 5.74) is 1.07.